The largest absolute Gasteiger partial charge is 0.397 e. The van der Waals surface area contributed by atoms with Crippen molar-refractivity contribution >= 4 is 29.0 Å². The minimum absolute atomic E-state index is 0.113. The van der Waals surface area contributed by atoms with E-state index in [4.69, 9.17) is 5.73 Å². The lowest BCUT2D eigenvalue weighted by atomic mass is 9.84. The first-order valence-corrected chi connectivity index (χ1v) is 7.73. The number of carbonyl (C=O) groups excluding carboxylic acids is 1. The molecule has 4 nitrogen and oxygen atoms in total. The Morgan fingerprint density at radius 2 is 2.21 bits per heavy atom. The first-order valence-electron chi connectivity index (χ1n) is 6.51. The number of amides is 1. The van der Waals surface area contributed by atoms with Crippen molar-refractivity contribution in [2.75, 3.05) is 30.9 Å². The van der Waals surface area contributed by atoms with Crippen LogP contribution >= 0.6 is 11.8 Å². The summed E-state index contributed by atoms with van der Waals surface area (Å²) in [5.41, 5.74) is 8.12. The quantitative estimate of drug-likeness (QED) is 0.724. The normalized spacial score (nSPS) is 16.5. The van der Waals surface area contributed by atoms with Gasteiger partial charge in [0.15, 0.2) is 0 Å². The highest BCUT2D eigenvalue weighted by atomic mass is 32.2. The van der Waals surface area contributed by atoms with Gasteiger partial charge in [-0.3, -0.25) is 4.79 Å². The molecule has 0 atom stereocenters. The summed E-state index contributed by atoms with van der Waals surface area (Å²) in [7, 11) is 1.61. The Balaban J connectivity index is 2.03. The van der Waals surface area contributed by atoms with Crippen molar-refractivity contribution in [2.45, 2.75) is 24.0 Å². The number of thioether (sulfide) groups is 1. The average molecular weight is 279 g/mol. The van der Waals surface area contributed by atoms with Gasteiger partial charge in [0.2, 0.25) is 0 Å². The second-order valence-electron chi connectivity index (χ2n) is 4.98. The van der Waals surface area contributed by atoms with Gasteiger partial charge in [0.1, 0.15) is 0 Å². The Morgan fingerprint density at radius 3 is 2.68 bits per heavy atom. The summed E-state index contributed by atoms with van der Waals surface area (Å²) in [6.07, 6.45) is 6.00. The van der Waals surface area contributed by atoms with Crippen LogP contribution in [0.15, 0.2) is 18.2 Å². The molecule has 0 unspecified atom stereocenters. The maximum absolute atomic E-state index is 11.5. The second kappa shape index (κ2) is 5.74. The molecule has 104 valence electrons. The Morgan fingerprint density at radius 1 is 1.47 bits per heavy atom. The predicted molar refractivity (Wildman–Crippen MR) is 82.8 cm³/mol. The zero-order valence-corrected chi connectivity index (χ0v) is 12.3. The average Bonchev–Trinajstić information content (AvgIpc) is 2.38. The molecule has 0 bridgehead atoms. The van der Waals surface area contributed by atoms with Crippen molar-refractivity contribution in [2.24, 2.45) is 0 Å². The molecule has 0 saturated heterocycles. The van der Waals surface area contributed by atoms with Gasteiger partial charge in [-0.05, 0) is 37.3 Å². The zero-order chi connectivity index (χ0) is 13.9. The molecule has 0 aromatic heterocycles. The van der Waals surface area contributed by atoms with Gasteiger partial charge >= 0.3 is 0 Å². The van der Waals surface area contributed by atoms with Gasteiger partial charge in [-0.15, -0.1) is 0 Å². The summed E-state index contributed by atoms with van der Waals surface area (Å²) in [4.78, 5) is 11.5. The monoisotopic (exact) mass is 279 g/mol. The number of carbonyl (C=O) groups is 1. The first kappa shape index (κ1) is 14.1. The number of hydrogen-bond donors (Lipinski definition) is 3. The van der Waals surface area contributed by atoms with Crippen molar-refractivity contribution in [3.8, 4) is 0 Å². The molecule has 4 N–H and O–H groups in total. The van der Waals surface area contributed by atoms with Crippen LogP contribution in [-0.4, -0.2) is 30.5 Å². The molecule has 1 saturated carbocycles. The van der Waals surface area contributed by atoms with E-state index in [0.717, 1.165) is 12.2 Å². The molecule has 0 heterocycles. The van der Waals surface area contributed by atoms with Crippen LogP contribution < -0.4 is 16.4 Å². The molecule has 1 aliphatic rings. The van der Waals surface area contributed by atoms with Crippen molar-refractivity contribution in [1.29, 1.82) is 0 Å². The summed E-state index contributed by atoms with van der Waals surface area (Å²) >= 11 is 1.93. The van der Waals surface area contributed by atoms with E-state index < -0.39 is 0 Å². The third-order valence-electron chi connectivity index (χ3n) is 3.84. The van der Waals surface area contributed by atoms with Crippen molar-refractivity contribution in [3.63, 3.8) is 0 Å². The van der Waals surface area contributed by atoms with E-state index in [1.807, 2.05) is 17.8 Å². The number of benzene rings is 1. The SMILES string of the molecule is CNC(=O)c1ccc(NCC2(SC)CCC2)c(N)c1. The molecule has 0 aliphatic heterocycles. The van der Waals surface area contributed by atoms with E-state index in [1.165, 1.54) is 19.3 Å². The fourth-order valence-electron chi connectivity index (χ4n) is 2.29. The van der Waals surface area contributed by atoms with Crippen LogP contribution in [-0.2, 0) is 0 Å². The van der Waals surface area contributed by atoms with Crippen LogP contribution in [0.25, 0.3) is 0 Å². The van der Waals surface area contributed by atoms with E-state index in [0.29, 0.717) is 16.0 Å². The van der Waals surface area contributed by atoms with E-state index in [9.17, 15) is 4.79 Å². The summed E-state index contributed by atoms with van der Waals surface area (Å²) in [6.45, 7) is 0.928. The van der Waals surface area contributed by atoms with E-state index >= 15 is 0 Å². The molecule has 2 rings (SSSR count). The molecular formula is C14H21N3OS. The summed E-state index contributed by atoms with van der Waals surface area (Å²) in [6, 6.07) is 5.39. The number of anilines is 2. The third kappa shape index (κ3) is 2.97. The van der Waals surface area contributed by atoms with Gasteiger partial charge in [-0.2, -0.15) is 11.8 Å². The van der Waals surface area contributed by atoms with Crippen LogP contribution in [0.3, 0.4) is 0 Å². The van der Waals surface area contributed by atoms with Crippen LogP contribution in [0.1, 0.15) is 29.6 Å². The highest BCUT2D eigenvalue weighted by molar-refractivity contribution is 8.00. The topological polar surface area (TPSA) is 67.2 Å². The zero-order valence-electron chi connectivity index (χ0n) is 11.5. The molecule has 19 heavy (non-hydrogen) atoms. The molecule has 1 aliphatic carbocycles. The molecule has 1 amide bonds. The highest BCUT2D eigenvalue weighted by Crippen LogP contribution is 2.43. The lowest BCUT2D eigenvalue weighted by molar-refractivity contribution is 0.0963. The van der Waals surface area contributed by atoms with Gasteiger partial charge in [-0.25, -0.2) is 0 Å². The predicted octanol–water partition coefficient (Wildman–Crippen LogP) is 2.33. The maximum atomic E-state index is 11.5. The van der Waals surface area contributed by atoms with Gasteiger partial charge in [-0.1, -0.05) is 6.42 Å². The van der Waals surface area contributed by atoms with E-state index in [-0.39, 0.29) is 5.91 Å². The smallest absolute Gasteiger partial charge is 0.251 e. The lowest BCUT2D eigenvalue weighted by Crippen LogP contribution is -2.40. The lowest BCUT2D eigenvalue weighted by Gasteiger charge is -2.40. The first-order chi connectivity index (χ1) is 9.10. The van der Waals surface area contributed by atoms with Gasteiger partial charge in [0.25, 0.3) is 5.91 Å². The van der Waals surface area contributed by atoms with Gasteiger partial charge in [0, 0.05) is 23.9 Å². The maximum Gasteiger partial charge on any atom is 0.251 e. The van der Waals surface area contributed by atoms with Crippen LogP contribution in [0.4, 0.5) is 11.4 Å². The Labute approximate surface area is 118 Å². The van der Waals surface area contributed by atoms with Crippen LogP contribution in [0, 0.1) is 0 Å². The Kier molecular flexibility index (Phi) is 4.24. The minimum Gasteiger partial charge on any atom is -0.397 e. The van der Waals surface area contributed by atoms with Crippen LogP contribution in [0.5, 0.6) is 0 Å². The number of nitrogen functional groups attached to an aromatic ring is 1. The number of nitrogens with two attached hydrogens (primary N) is 1. The fraction of sp³-hybridized carbons (Fsp3) is 0.500. The molecule has 0 spiro atoms. The molecule has 5 heteroatoms. The van der Waals surface area contributed by atoms with Crippen molar-refractivity contribution in [3.05, 3.63) is 23.8 Å². The summed E-state index contributed by atoms with van der Waals surface area (Å²) in [5, 5.41) is 6.01. The molecule has 1 aromatic carbocycles. The standard InChI is InChI=1S/C14H21N3OS/c1-16-13(18)10-4-5-12(11(15)8-10)17-9-14(19-2)6-3-7-14/h4-5,8,17H,3,6-7,9,15H2,1-2H3,(H,16,18). The van der Waals surface area contributed by atoms with Crippen molar-refractivity contribution in [1.82, 2.24) is 5.32 Å². The van der Waals surface area contributed by atoms with E-state index in [2.05, 4.69) is 16.9 Å². The van der Waals surface area contributed by atoms with Gasteiger partial charge < -0.3 is 16.4 Å². The highest BCUT2D eigenvalue weighted by Gasteiger charge is 2.35. The number of rotatable bonds is 5. The molecule has 1 fully saturated rings. The fourth-order valence-corrected chi connectivity index (χ4v) is 3.20. The third-order valence-corrected chi connectivity index (χ3v) is 5.26. The number of nitrogens with one attached hydrogen (secondary N) is 2. The summed E-state index contributed by atoms with van der Waals surface area (Å²) < 4.78 is 0.367. The minimum atomic E-state index is -0.113. The Hall–Kier alpha value is -1.36. The van der Waals surface area contributed by atoms with E-state index in [1.54, 1.807) is 19.2 Å². The molecule has 1 aromatic rings. The van der Waals surface area contributed by atoms with Crippen molar-refractivity contribution < 1.29 is 4.79 Å². The summed E-state index contributed by atoms with van der Waals surface area (Å²) in [5.74, 6) is -0.113. The second-order valence-corrected chi connectivity index (χ2v) is 6.25. The molecular weight excluding hydrogens is 258 g/mol. The Bertz CT molecular complexity index is 466. The van der Waals surface area contributed by atoms with Crippen LogP contribution in [0.2, 0.25) is 0 Å². The molecule has 0 radical (unpaired) electrons. The van der Waals surface area contributed by atoms with Gasteiger partial charge in [0.05, 0.1) is 11.4 Å². The number of hydrogen-bond acceptors (Lipinski definition) is 4.